The van der Waals surface area contributed by atoms with Crippen LogP contribution in [0.1, 0.15) is 62.3 Å². The maximum Gasteiger partial charge on any atom is 0.347 e. The second kappa shape index (κ2) is 10.3. The van der Waals surface area contributed by atoms with Gasteiger partial charge in [0, 0.05) is 0 Å². The number of ether oxygens (including phenoxy) is 1. The Balaban J connectivity index is 1.61. The summed E-state index contributed by atoms with van der Waals surface area (Å²) in [5.74, 6) is -0.157. The molecule has 3 nitrogen and oxygen atoms in total. The number of hydrogen-bond acceptors (Lipinski definition) is 3. The summed E-state index contributed by atoms with van der Waals surface area (Å²) in [7, 11) is 0. The van der Waals surface area contributed by atoms with Gasteiger partial charge in [0.25, 0.3) is 0 Å². The van der Waals surface area contributed by atoms with Crippen LogP contribution in [-0.4, -0.2) is 17.2 Å². The van der Waals surface area contributed by atoms with Gasteiger partial charge in [-0.2, -0.15) is 0 Å². The van der Waals surface area contributed by atoms with E-state index >= 15 is 0 Å². The van der Waals surface area contributed by atoms with E-state index in [1.165, 1.54) is 5.56 Å². The van der Waals surface area contributed by atoms with Gasteiger partial charge in [-0.05, 0) is 58.8 Å². The molecule has 1 fully saturated rings. The minimum Gasteiger partial charge on any atom is -0.459 e. The van der Waals surface area contributed by atoms with Crippen molar-refractivity contribution in [3.05, 3.63) is 107 Å². The smallest absolute Gasteiger partial charge is 0.347 e. The minimum atomic E-state index is -1.97. The van der Waals surface area contributed by atoms with Gasteiger partial charge < -0.3 is 9.84 Å². The molecule has 3 aromatic rings. The first-order chi connectivity index (χ1) is 16.8. The number of carbonyl (C=O) groups is 1. The number of esters is 1. The Labute approximate surface area is 208 Å². The van der Waals surface area contributed by atoms with Gasteiger partial charge in [-0.15, -0.1) is 0 Å². The van der Waals surface area contributed by atoms with Crippen molar-refractivity contribution in [2.45, 2.75) is 63.8 Å². The lowest BCUT2D eigenvalue weighted by molar-refractivity contribution is -0.173. The predicted octanol–water partition coefficient (Wildman–Crippen LogP) is 6.72. The van der Waals surface area contributed by atoms with E-state index in [4.69, 9.17) is 4.74 Å². The molecule has 0 radical (unpaired) electrons. The second-order valence-corrected chi connectivity index (χ2v) is 10.4. The van der Waals surface area contributed by atoms with Crippen LogP contribution in [0.15, 0.2) is 84.9 Å². The topological polar surface area (TPSA) is 46.5 Å². The van der Waals surface area contributed by atoms with Gasteiger partial charge in [-0.25, -0.2) is 9.18 Å². The normalized spacial score (nSPS) is 22.3. The summed E-state index contributed by atoms with van der Waals surface area (Å²) in [6.07, 6.45) is 2.45. The SMILES string of the molecule is C[C@@H]1CC[C@@H](C(C)(C)c2ccccc2)C[C@@H]1OC(=O)[C@@](O)(c1ccccc1)c1ccc(CF)cc1. The molecule has 1 aliphatic rings. The van der Waals surface area contributed by atoms with Crippen LogP contribution in [0.3, 0.4) is 0 Å². The molecular formula is C31H35FO3. The Morgan fingerprint density at radius 2 is 1.43 bits per heavy atom. The number of hydrogen-bond donors (Lipinski definition) is 1. The van der Waals surface area contributed by atoms with Crippen molar-refractivity contribution in [2.75, 3.05) is 0 Å². The molecule has 0 aliphatic heterocycles. The zero-order valence-electron chi connectivity index (χ0n) is 20.8. The van der Waals surface area contributed by atoms with E-state index in [1.807, 2.05) is 12.1 Å². The molecule has 4 atom stereocenters. The molecule has 1 N–H and O–H groups in total. The molecule has 0 saturated heterocycles. The summed E-state index contributed by atoms with van der Waals surface area (Å²) in [4.78, 5) is 13.7. The second-order valence-electron chi connectivity index (χ2n) is 10.4. The highest BCUT2D eigenvalue weighted by Crippen LogP contribution is 2.44. The predicted molar refractivity (Wildman–Crippen MR) is 137 cm³/mol. The number of benzene rings is 3. The molecule has 35 heavy (non-hydrogen) atoms. The lowest BCUT2D eigenvalue weighted by atomic mass is 9.65. The average Bonchev–Trinajstić information content (AvgIpc) is 2.90. The molecular weight excluding hydrogens is 439 g/mol. The van der Waals surface area contributed by atoms with E-state index in [0.717, 1.165) is 19.3 Å². The van der Waals surface area contributed by atoms with E-state index < -0.39 is 18.2 Å². The lowest BCUT2D eigenvalue weighted by Gasteiger charge is -2.43. The number of aliphatic hydroxyl groups is 1. The molecule has 4 rings (SSSR count). The summed E-state index contributed by atoms with van der Waals surface area (Å²) >= 11 is 0. The summed E-state index contributed by atoms with van der Waals surface area (Å²) in [5, 5.41) is 11.8. The molecule has 0 heterocycles. The minimum absolute atomic E-state index is 0.0655. The third kappa shape index (κ3) is 5.04. The number of rotatable bonds is 7. The summed E-state index contributed by atoms with van der Waals surface area (Å²) in [6, 6.07) is 25.7. The zero-order valence-corrected chi connectivity index (χ0v) is 20.8. The standard InChI is InChI=1S/C31H35FO3/c1-22-14-17-27(30(2,3)24-10-6-4-7-11-24)20-28(22)35-29(33)31(34,25-12-8-5-9-13-25)26-18-15-23(21-32)16-19-26/h4-13,15-16,18-19,22,27-28,34H,14,17,20-21H2,1-3H3/t22-,27-,28+,31-/m1/s1. The van der Waals surface area contributed by atoms with E-state index in [1.54, 1.807) is 48.5 Å². The Hall–Kier alpha value is -2.98. The first-order valence-electron chi connectivity index (χ1n) is 12.5. The quantitative estimate of drug-likeness (QED) is 0.387. The van der Waals surface area contributed by atoms with Crippen LogP contribution in [0.5, 0.6) is 0 Å². The molecule has 4 heteroatoms. The molecule has 1 aliphatic carbocycles. The van der Waals surface area contributed by atoms with Crippen LogP contribution in [0.25, 0.3) is 0 Å². The van der Waals surface area contributed by atoms with Gasteiger partial charge in [0.2, 0.25) is 5.60 Å². The average molecular weight is 475 g/mol. The highest BCUT2D eigenvalue weighted by Gasteiger charge is 2.45. The number of alkyl halides is 1. The molecule has 0 aromatic heterocycles. The van der Waals surface area contributed by atoms with Crippen molar-refractivity contribution in [2.24, 2.45) is 11.8 Å². The molecule has 0 spiro atoms. The fourth-order valence-corrected chi connectivity index (χ4v) is 5.34. The molecule has 0 bridgehead atoms. The fourth-order valence-electron chi connectivity index (χ4n) is 5.34. The van der Waals surface area contributed by atoms with Gasteiger partial charge in [0.1, 0.15) is 12.8 Å². The first-order valence-corrected chi connectivity index (χ1v) is 12.5. The van der Waals surface area contributed by atoms with Crippen LogP contribution in [-0.2, 0) is 27.2 Å². The molecule has 184 valence electrons. The highest BCUT2D eigenvalue weighted by molar-refractivity contribution is 5.85. The van der Waals surface area contributed by atoms with Crippen molar-refractivity contribution in [1.29, 1.82) is 0 Å². The highest BCUT2D eigenvalue weighted by atomic mass is 19.1. The molecule has 3 aromatic carbocycles. The summed E-state index contributed by atoms with van der Waals surface area (Å²) < 4.78 is 19.2. The summed E-state index contributed by atoms with van der Waals surface area (Å²) in [5.41, 5.74) is 0.530. The van der Waals surface area contributed by atoms with Crippen molar-refractivity contribution >= 4 is 5.97 Å². The van der Waals surface area contributed by atoms with Gasteiger partial charge in [-0.3, -0.25) is 0 Å². The van der Waals surface area contributed by atoms with Gasteiger partial charge in [0.15, 0.2) is 0 Å². The Bertz CT molecular complexity index is 1110. The van der Waals surface area contributed by atoms with E-state index in [9.17, 15) is 14.3 Å². The van der Waals surface area contributed by atoms with Crippen LogP contribution in [0, 0.1) is 11.8 Å². The van der Waals surface area contributed by atoms with Gasteiger partial charge in [0.05, 0.1) is 0 Å². The molecule has 1 saturated carbocycles. The van der Waals surface area contributed by atoms with Crippen molar-refractivity contribution in [3.63, 3.8) is 0 Å². The first kappa shape index (κ1) is 25.1. The third-order valence-electron chi connectivity index (χ3n) is 7.93. The van der Waals surface area contributed by atoms with Crippen LogP contribution >= 0.6 is 0 Å². The van der Waals surface area contributed by atoms with E-state index in [-0.39, 0.29) is 17.4 Å². The maximum absolute atomic E-state index is 13.7. The summed E-state index contributed by atoms with van der Waals surface area (Å²) in [6.45, 7) is 6.02. The van der Waals surface area contributed by atoms with Crippen LogP contribution < -0.4 is 0 Å². The van der Waals surface area contributed by atoms with E-state index in [2.05, 4.69) is 45.0 Å². The van der Waals surface area contributed by atoms with Gasteiger partial charge >= 0.3 is 5.97 Å². The van der Waals surface area contributed by atoms with Crippen molar-refractivity contribution in [1.82, 2.24) is 0 Å². The Morgan fingerprint density at radius 3 is 2.00 bits per heavy atom. The Morgan fingerprint density at radius 1 is 0.886 bits per heavy atom. The van der Waals surface area contributed by atoms with Crippen molar-refractivity contribution < 1.29 is 19.0 Å². The van der Waals surface area contributed by atoms with Crippen LogP contribution in [0.4, 0.5) is 4.39 Å². The molecule has 0 unspecified atom stereocenters. The number of carbonyl (C=O) groups excluding carboxylic acids is 1. The van der Waals surface area contributed by atoms with Crippen LogP contribution in [0.2, 0.25) is 0 Å². The number of halogens is 1. The molecule has 0 amide bonds. The Kier molecular flexibility index (Phi) is 7.42. The largest absolute Gasteiger partial charge is 0.459 e. The maximum atomic E-state index is 13.7. The fraction of sp³-hybridized carbons (Fsp3) is 0.387. The van der Waals surface area contributed by atoms with Crippen molar-refractivity contribution in [3.8, 4) is 0 Å². The lowest BCUT2D eigenvalue weighted by Crippen LogP contribution is -2.45. The zero-order chi connectivity index (χ0) is 25.1. The third-order valence-corrected chi connectivity index (χ3v) is 7.93. The monoisotopic (exact) mass is 474 g/mol. The van der Waals surface area contributed by atoms with E-state index in [0.29, 0.717) is 22.6 Å². The van der Waals surface area contributed by atoms with Gasteiger partial charge in [-0.1, -0.05) is 106 Å².